The molecule has 0 aliphatic carbocycles. The lowest BCUT2D eigenvalue weighted by molar-refractivity contribution is -0.139. The normalized spacial score (nSPS) is 12.3. The fourth-order valence-electron chi connectivity index (χ4n) is 1.67. The van der Waals surface area contributed by atoms with Gasteiger partial charge in [0.1, 0.15) is 11.9 Å². The van der Waals surface area contributed by atoms with E-state index in [2.05, 4.69) is 5.32 Å². The maximum Gasteiger partial charge on any atom is 0.326 e. The highest BCUT2D eigenvalue weighted by Crippen LogP contribution is 2.11. The molecule has 0 bridgehead atoms. The smallest absolute Gasteiger partial charge is 0.326 e. The van der Waals surface area contributed by atoms with Crippen LogP contribution in [-0.2, 0) is 4.79 Å². The fraction of sp³-hybridized carbons (Fsp3) is 0.429. The van der Waals surface area contributed by atoms with E-state index in [0.29, 0.717) is 12.0 Å². The Morgan fingerprint density at radius 3 is 2.47 bits per heavy atom. The molecule has 0 aliphatic rings. The predicted octanol–water partition coefficient (Wildman–Crippen LogP) is 2.36. The Bertz CT molecular complexity index is 486. The Labute approximate surface area is 111 Å². The van der Waals surface area contributed by atoms with Gasteiger partial charge in [-0.25, -0.2) is 9.18 Å². The summed E-state index contributed by atoms with van der Waals surface area (Å²) in [6.07, 6.45) is 0.329. The number of hydrogen-bond acceptors (Lipinski definition) is 2. The van der Waals surface area contributed by atoms with Crippen molar-refractivity contribution in [2.24, 2.45) is 5.92 Å². The van der Waals surface area contributed by atoms with Crippen molar-refractivity contribution in [2.75, 3.05) is 0 Å². The van der Waals surface area contributed by atoms with Crippen LogP contribution in [0, 0.1) is 18.7 Å². The van der Waals surface area contributed by atoms with Crippen LogP contribution >= 0.6 is 0 Å². The molecule has 0 spiro atoms. The molecule has 0 aliphatic heterocycles. The van der Waals surface area contributed by atoms with E-state index in [1.54, 1.807) is 6.92 Å². The first-order valence-electron chi connectivity index (χ1n) is 6.11. The minimum Gasteiger partial charge on any atom is -0.480 e. The molecular formula is C14H18FNO3. The van der Waals surface area contributed by atoms with Crippen LogP contribution in [0.1, 0.15) is 36.2 Å². The molecule has 5 heteroatoms. The molecule has 0 radical (unpaired) electrons. The molecule has 1 unspecified atom stereocenters. The maximum absolute atomic E-state index is 13.3. The molecule has 0 saturated heterocycles. The molecule has 1 atom stereocenters. The first-order chi connectivity index (χ1) is 8.81. The van der Waals surface area contributed by atoms with Crippen LogP contribution in [-0.4, -0.2) is 23.0 Å². The van der Waals surface area contributed by atoms with Crippen molar-refractivity contribution in [1.29, 1.82) is 0 Å². The lowest BCUT2D eigenvalue weighted by Gasteiger charge is -2.16. The second-order valence-electron chi connectivity index (χ2n) is 4.96. The summed E-state index contributed by atoms with van der Waals surface area (Å²) in [5.74, 6) is -2.01. The number of aliphatic carboxylic acids is 1. The van der Waals surface area contributed by atoms with E-state index in [4.69, 9.17) is 5.11 Å². The van der Waals surface area contributed by atoms with Crippen molar-refractivity contribution in [3.8, 4) is 0 Å². The van der Waals surface area contributed by atoms with Gasteiger partial charge in [0, 0.05) is 5.56 Å². The van der Waals surface area contributed by atoms with Gasteiger partial charge in [-0.2, -0.15) is 0 Å². The van der Waals surface area contributed by atoms with Gasteiger partial charge in [0.2, 0.25) is 0 Å². The number of halogens is 1. The number of nitrogens with one attached hydrogen (secondary N) is 1. The summed E-state index contributed by atoms with van der Waals surface area (Å²) in [7, 11) is 0. The number of carbonyl (C=O) groups excluding carboxylic acids is 1. The topological polar surface area (TPSA) is 66.4 Å². The molecular weight excluding hydrogens is 249 g/mol. The van der Waals surface area contributed by atoms with Crippen molar-refractivity contribution in [3.05, 3.63) is 35.1 Å². The average molecular weight is 267 g/mol. The number of rotatable bonds is 5. The third-order valence-corrected chi connectivity index (χ3v) is 2.74. The minimum absolute atomic E-state index is 0.123. The van der Waals surface area contributed by atoms with Crippen molar-refractivity contribution in [1.82, 2.24) is 5.32 Å². The minimum atomic E-state index is -1.09. The van der Waals surface area contributed by atoms with Gasteiger partial charge in [-0.15, -0.1) is 0 Å². The number of carbonyl (C=O) groups is 2. The number of aryl methyl sites for hydroxylation is 1. The lowest BCUT2D eigenvalue weighted by Crippen LogP contribution is -2.41. The summed E-state index contributed by atoms with van der Waals surface area (Å²) < 4.78 is 13.3. The number of amides is 1. The molecule has 0 heterocycles. The predicted molar refractivity (Wildman–Crippen MR) is 69.5 cm³/mol. The highest BCUT2D eigenvalue weighted by atomic mass is 19.1. The molecule has 1 aromatic rings. The summed E-state index contributed by atoms with van der Waals surface area (Å²) >= 11 is 0. The van der Waals surface area contributed by atoms with Gasteiger partial charge in [0.25, 0.3) is 5.91 Å². The summed E-state index contributed by atoms with van der Waals surface area (Å²) in [6.45, 7) is 5.33. The number of benzene rings is 1. The van der Waals surface area contributed by atoms with Gasteiger partial charge < -0.3 is 10.4 Å². The van der Waals surface area contributed by atoms with Crippen LogP contribution in [0.2, 0.25) is 0 Å². The first kappa shape index (κ1) is 15.1. The average Bonchev–Trinajstić information content (AvgIpc) is 2.31. The Hall–Kier alpha value is -1.91. The van der Waals surface area contributed by atoms with Crippen LogP contribution in [0.3, 0.4) is 0 Å². The number of hydrogen-bond donors (Lipinski definition) is 2. The van der Waals surface area contributed by atoms with E-state index >= 15 is 0 Å². The van der Waals surface area contributed by atoms with E-state index < -0.39 is 23.7 Å². The van der Waals surface area contributed by atoms with Crippen LogP contribution in [0.4, 0.5) is 4.39 Å². The van der Waals surface area contributed by atoms with Crippen LogP contribution in [0.15, 0.2) is 18.2 Å². The van der Waals surface area contributed by atoms with Crippen LogP contribution in [0.5, 0.6) is 0 Å². The fourth-order valence-corrected chi connectivity index (χ4v) is 1.67. The first-order valence-corrected chi connectivity index (χ1v) is 6.11. The monoisotopic (exact) mass is 267 g/mol. The maximum atomic E-state index is 13.3. The summed E-state index contributed by atoms with van der Waals surface area (Å²) in [5.41, 5.74) is 0.562. The van der Waals surface area contributed by atoms with Gasteiger partial charge in [0.05, 0.1) is 0 Å². The van der Waals surface area contributed by atoms with Crippen molar-refractivity contribution in [2.45, 2.75) is 33.2 Å². The SMILES string of the molecule is Cc1ccc(C(=O)NC(CC(C)C)C(=O)O)cc1F. The summed E-state index contributed by atoms with van der Waals surface area (Å²) in [6, 6.07) is 3.11. The molecule has 2 N–H and O–H groups in total. The highest BCUT2D eigenvalue weighted by Gasteiger charge is 2.21. The van der Waals surface area contributed by atoms with Gasteiger partial charge in [-0.05, 0) is 37.0 Å². The van der Waals surface area contributed by atoms with E-state index in [9.17, 15) is 14.0 Å². The standard InChI is InChI=1S/C14H18FNO3/c1-8(2)6-12(14(18)19)16-13(17)10-5-4-9(3)11(15)7-10/h4-5,7-8,12H,6H2,1-3H3,(H,16,17)(H,18,19). The Morgan fingerprint density at radius 1 is 1.37 bits per heavy atom. The van der Waals surface area contributed by atoms with E-state index in [1.165, 1.54) is 12.1 Å². The van der Waals surface area contributed by atoms with Crippen LogP contribution in [0.25, 0.3) is 0 Å². The van der Waals surface area contributed by atoms with E-state index in [1.807, 2.05) is 13.8 Å². The zero-order valence-electron chi connectivity index (χ0n) is 11.2. The Balaban J connectivity index is 2.81. The lowest BCUT2D eigenvalue weighted by atomic mass is 10.0. The molecule has 4 nitrogen and oxygen atoms in total. The largest absolute Gasteiger partial charge is 0.480 e. The molecule has 0 saturated carbocycles. The zero-order valence-corrected chi connectivity index (χ0v) is 11.2. The van der Waals surface area contributed by atoms with Gasteiger partial charge >= 0.3 is 5.97 Å². The third kappa shape index (κ3) is 4.35. The second-order valence-corrected chi connectivity index (χ2v) is 4.96. The van der Waals surface area contributed by atoms with Crippen molar-refractivity contribution >= 4 is 11.9 Å². The summed E-state index contributed by atoms with van der Waals surface area (Å²) in [5, 5.41) is 11.4. The van der Waals surface area contributed by atoms with Gasteiger partial charge in [-0.1, -0.05) is 19.9 Å². The van der Waals surface area contributed by atoms with E-state index in [0.717, 1.165) is 6.07 Å². The van der Waals surface area contributed by atoms with Crippen molar-refractivity contribution in [3.63, 3.8) is 0 Å². The van der Waals surface area contributed by atoms with Gasteiger partial charge in [-0.3, -0.25) is 4.79 Å². The Kier molecular flexibility index (Phi) is 5.03. The van der Waals surface area contributed by atoms with E-state index in [-0.39, 0.29) is 11.5 Å². The molecule has 104 valence electrons. The van der Waals surface area contributed by atoms with Gasteiger partial charge in [0.15, 0.2) is 0 Å². The summed E-state index contributed by atoms with van der Waals surface area (Å²) in [4.78, 5) is 22.9. The molecule has 1 aromatic carbocycles. The zero-order chi connectivity index (χ0) is 14.6. The molecule has 19 heavy (non-hydrogen) atoms. The molecule has 1 rings (SSSR count). The molecule has 1 amide bonds. The quantitative estimate of drug-likeness (QED) is 0.860. The third-order valence-electron chi connectivity index (χ3n) is 2.74. The number of carboxylic acid groups (broad SMARTS) is 1. The Morgan fingerprint density at radius 2 is 2.00 bits per heavy atom. The molecule has 0 aromatic heterocycles. The van der Waals surface area contributed by atoms with Crippen LogP contribution < -0.4 is 5.32 Å². The number of carboxylic acids is 1. The second kappa shape index (κ2) is 6.31. The highest BCUT2D eigenvalue weighted by molar-refractivity contribution is 5.96. The van der Waals surface area contributed by atoms with Crippen molar-refractivity contribution < 1.29 is 19.1 Å². The molecule has 0 fully saturated rings.